The first kappa shape index (κ1) is 19.1. The van der Waals surface area contributed by atoms with E-state index in [-0.39, 0.29) is 5.91 Å². The summed E-state index contributed by atoms with van der Waals surface area (Å²) in [6.45, 7) is 0. The van der Waals surface area contributed by atoms with Gasteiger partial charge in [-0.05, 0) is 48.0 Å². The first-order valence-corrected chi connectivity index (χ1v) is 10.0. The minimum absolute atomic E-state index is 0.169. The van der Waals surface area contributed by atoms with Gasteiger partial charge in [-0.2, -0.15) is 0 Å². The van der Waals surface area contributed by atoms with Gasteiger partial charge >= 0.3 is 5.97 Å². The number of para-hydroxylation sites is 1. The molecule has 6 heteroatoms. The molecule has 0 bridgehead atoms. The van der Waals surface area contributed by atoms with Crippen LogP contribution in [0, 0.1) is 0 Å². The van der Waals surface area contributed by atoms with Crippen molar-refractivity contribution in [1.82, 2.24) is 0 Å². The van der Waals surface area contributed by atoms with E-state index in [9.17, 15) is 9.59 Å². The monoisotopic (exact) mass is 417 g/mol. The molecule has 1 fully saturated rings. The van der Waals surface area contributed by atoms with E-state index >= 15 is 0 Å². The minimum Gasteiger partial charge on any atom is -0.423 e. The van der Waals surface area contributed by atoms with Crippen LogP contribution in [-0.4, -0.2) is 16.2 Å². The lowest BCUT2D eigenvalue weighted by Crippen LogP contribution is -2.27. The summed E-state index contributed by atoms with van der Waals surface area (Å²) in [5, 5.41) is 0. The number of thioether (sulfide) groups is 1. The quantitative estimate of drug-likeness (QED) is 0.249. The molecular weight excluding hydrogens is 402 g/mol. The molecule has 29 heavy (non-hydrogen) atoms. The molecule has 0 aliphatic carbocycles. The molecule has 1 aliphatic heterocycles. The maximum absolute atomic E-state index is 12.8. The second kappa shape index (κ2) is 8.43. The smallest absolute Gasteiger partial charge is 0.343 e. The van der Waals surface area contributed by atoms with Crippen LogP contribution >= 0.6 is 24.0 Å². The summed E-state index contributed by atoms with van der Waals surface area (Å²) in [5.41, 5.74) is 1.96. The highest BCUT2D eigenvalue weighted by Crippen LogP contribution is 2.36. The SMILES string of the molecule is O=C(Oc1cccc(C=C2SC(=S)N(c3ccccc3)C2=O)c1)c1ccccc1. The molecule has 1 heterocycles. The third-order valence-electron chi connectivity index (χ3n) is 4.18. The van der Waals surface area contributed by atoms with Crippen molar-refractivity contribution in [2.24, 2.45) is 0 Å². The Morgan fingerprint density at radius 2 is 1.62 bits per heavy atom. The highest BCUT2D eigenvalue weighted by atomic mass is 32.2. The van der Waals surface area contributed by atoms with Crippen molar-refractivity contribution in [1.29, 1.82) is 0 Å². The zero-order valence-electron chi connectivity index (χ0n) is 15.1. The van der Waals surface area contributed by atoms with E-state index in [0.717, 1.165) is 11.3 Å². The molecule has 142 valence electrons. The number of hydrogen-bond donors (Lipinski definition) is 0. The number of hydrogen-bond acceptors (Lipinski definition) is 5. The highest BCUT2D eigenvalue weighted by molar-refractivity contribution is 8.27. The van der Waals surface area contributed by atoms with Crippen molar-refractivity contribution in [2.45, 2.75) is 0 Å². The second-order valence-corrected chi connectivity index (χ2v) is 7.86. The first-order chi connectivity index (χ1) is 14.1. The number of rotatable bonds is 4. The molecule has 0 spiro atoms. The van der Waals surface area contributed by atoms with Gasteiger partial charge in [0, 0.05) is 0 Å². The zero-order valence-corrected chi connectivity index (χ0v) is 16.8. The van der Waals surface area contributed by atoms with Crippen molar-refractivity contribution in [3.05, 3.63) is 101 Å². The number of carbonyl (C=O) groups excluding carboxylic acids is 2. The summed E-state index contributed by atoms with van der Waals surface area (Å²) < 4.78 is 5.93. The van der Waals surface area contributed by atoms with Gasteiger partial charge in [-0.15, -0.1) is 0 Å². The predicted molar refractivity (Wildman–Crippen MR) is 120 cm³/mol. The predicted octanol–water partition coefficient (Wildman–Crippen LogP) is 5.31. The lowest BCUT2D eigenvalue weighted by molar-refractivity contribution is -0.113. The molecule has 0 radical (unpaired) electrons. The van der Waals surface area contributed by atoms with Crippen LogP contribution in [0.25, 0.3) is 6.08 Å². The number of thiocarbonyl (C=S) groups is 1. The lowest BCUT2D eigenvalue weighted by Gasteiger charge is -2.13. The fraction of sp³-hybridized carbons (Fsp3) is 0. The third kappa shape index (κ3) is 4.29. The zero-order chi connectivity index (χ0) is 20.2. The summed E-state index contributed by atoms with van der Waals surface area (Å²) in [5.74, 6) is -0.192. The van der Waals surface area contributed by atoms with Crippen LogP contribution in [0.1, 0.15) is 15.9 Å². The maximum Gasteiger partial charge on any atom is 0.343 e. The first-order valence-electron chi connectivity index (χ1n) is 8.82. The van der Waals surface area contributed by atoms with Crippen molar-refractivity contribution in [3.8, 4) is 5.75 Å². The molecule has 0 atom stereocenters. The number of nitrogens with zero attached hydrogens (tertiary/aromatic N) is 1. The van der Waals surface area contributed by atoms with E-state index in [2.05, 4.69) is 0 Å². The fourth-order valence-electron chi connectivity index (χ4n) is 2.83. The van der Waals surface area contributed by atoms with Crippen LogP contribution in [0.15, 0.2) is 89.8 Å². The number of benzene rings is 3. The molecule has 1 aliphatic rings. The van der Waals surface area contributed by atoms with Crippen molar-refractivity contribution < 1.29 is 14.3 Å². The molecule has 3 aromatic carbocycles. The Bertz CT molecular complexity index is 1110. The highest BCUT2D eigenvalue weighted by Gasteiger charge is 2.33. The standard InChI is InChI=1S/C23H15NO3S2/c25-21-20(29-23(28)24(21)18-11-5-2-6-12-18)15-16-8-7-13-19(14-16)27-22(26)17-9-3-1-4-10-17/h1-15H. The Morgan fingerprint density at radius 3 is 2.34 bits per heavy atom. The summed E-state index contributed by atoms with van der Waals surface area (Å²) in [4.78, 5) is 27.1. The second-order valence-electron chi connectivity index (χ2n) is 6.18. The van der Waals surface area contributed by atoms with E-state index < -0.39 is 5.97 Å². The van der Waals surface area contributed by atoms with Crippen LogP contribution in [0.2, 0.25) is 0 Å². The van der Waals surface area contributed by atoms with E-state index in [0.29, 0.717) is 20.5 Å². The van der Waals surface area contributed by atoms with Crippen molar-refractivity contribution in [3.63, 3.8) is 0 Å². The van der Waals surface area contributed by atoms with E-state index in [1.807, 2.05) is 42.5 Å². The Labute approximate surface area is 177 Å². The van der Waals surface area contributed by atoms with Gasteiger partial charge in [0.1, 0.15) is 5.75 Å². The van der Waals surface area contributed by atoms with E-state index in [1.165, 1.54) is 16.7 Å². The summed E-state index contributed by atoms with van der Waals surface area (Å²) in [7, 11) is 0. The summed E-state index contributed by atoms with van der Waals surface area (Å²) >= 11 is 6.64. The average Bonchev–Trinajstić information content (AvgIpc) is 3.02. The number of anilines is 1. The molecule has 3 aromatic rings. The Hall–Kier alpha value is -3.22. The summed E-state index contributed by atoms with van der Waals surface area (Å²) in [6.07, 6.45) is 1.75. The fourth-order valence-corrected chi connectivity index (χ4v) is 4.13. The maximum atomic E-state index is 12.8. The number of amides is 1. The molecule has 1 amide bonds. The summed E-state index contributed by atoms with van der Waals surface area (Å²) in [6, 6.07) is 25.1. The Kier molecular flexibility index (Phi) is 5.55. The van der Waals surface area contributed by atoms with Gasteiger partial charge in [0.15, 0.2) is 4.32 Å². The molecule has 0 unspecified atom stereocenters. The normalized spacial score (nSPS) is 15.0. The van der Waals surface area contributed by atoms with E-state index in [4.69, 9.17) is 17.0 Å². The van der Waals surface area contributed by atoms with Crippen LogP contribution in [-0.2, 0) is 4.79 Å². The topological polar surface area (TPSA) is 46.6 Å². The molecule has 4 rings (SSSR count). The van der Waals surface area contributed by atoms with Crippen LogP contribution in [0.5, 0.6) is 5.75 Å². The van der Waals surface area contributed by atoms with Gasteiger partial charge < -0.3 is 4.74 Å². The Morgan fingerprint density at radius 1 is 0.931 bits per heavy atom. The minimum atomic E-state index is -0.432. The lowest BCUT2D eigenvalue weighted by atomic mass is 10.2. The van der Waals surface area contributed by atoms with Crippen LogP contribution < -0.4 is 9.64 Å². The number of esters is 1. The molecule has 1 saturated heterocycles. The number of carbonyl (C=O) groups is 2. The van der Waals surface area contributed by atoms with Crippen molar-refractivity contribution in [2.75, 3.05) is 4.90 Å². The van der Waals surface area contributed by atoms with E-state index in [1.54, 1.807) is 48.5 Å². The van der Waals surface area contributed by atoms with Gasteiger partial charge in [-0.3, -0.25) is 9.69 Å². The van der Waals surface area contributed by atoms with Gasteiger partial charge in [-0.25, -0.2) is 4.79 Å². The molecule has 0 saturated carbocycles. The molecule has 0 aromatic heterocycles. The van der Waals surface area contributed by atoms with Gasteiger partial charge in [0.2, 0.25) is 0 Å². The van der Waals surface area contributed by atoms with Gasteiger partial charge in [0.05, 0.1) is 16.2 Å². The molecule has 0 N–H and O–H groups in total. The largest absolute Gasteiger partial charge is 0.423 e. The van der Waals surface area contributed by atoms with Crippen LogP contribution in [0.4, 0.5) is 5.69 Å². The third-order valence-corrected chi connectivity index (χ3v) is 5.49. The Balaban J connectivity index is 1.54. The number of ether oxygens (including phenoxy) is 1. The average molecular weight is 418 g/mol. The molecule has 4 nitrogen and oxygen atoms in total. The van der Waals surface area contributed by atoms with Crippen LogP contribution in [0.3, 0.4) is 0 Å². The van der Waals surface area contributed by atoms with Crippen molar-refractivity contribution >= 4 is 51.9 Å². The van der Waals surface area contributed by atoms with Gasteiger partial charge in [0.25, 0.3) is 5.91 Å². The molecular formula is C23H15NO3S2. The van der Waals surface area contributed by atoms with Gasteiger partial charge in [-0.1, -0.05) is 72.5 Å².